The van der Waals surface area contributed by atoms with E-state index in [-0.39, 0.29) is 28.4 Å². The molecule has 7 atom stereocenters. The fourth-order valence-electron chi connectivity index (χ4n) is 7.21. The van der Waals surface area contributed by atoms with Gasteiger partial charge in [-0.05, 0) is 72.2 Å². The maximum absolute atomic E-state index is 12.1. The third-order valence-electron chi connectivity index (χ3n) is 8.78. The van der Waals surface area contributed by atoms with E-state index in [4.69, 9.17) is 5.73 Å². The van der Waals surface area contributed by atoms with Crippen LogP contribution in [-0.4, -0.2) is 16.9 Å². The molecule has 0 amide bonds. The number of hydrogen-bond acceptors (Lipinski definition) is 3. The Balaban J connectivity index is 1.71. The zero-order chi connectivity index (χ0) is 18.9. The molecule has 1 unspecified atom stereocenters. The summed E-state index contributed by atoms with van der Waals surface area (Å²) in [7, 11) is 0. The number of carboxylic acid groups (broad SMARTS) is 1. The maximum Gasteiger partial charge on any atom is 0.306 e. The van der Waals surface area contributed by atoms with Crippen LogP contribution >= 0.6 is 0 Å². The number of carboxylic acids is 1. The van der Waals surface area contributed by atoms with Gasteiger partial charge >= 0.3 is 5.97 Å². The number of nitrogens with two attached hydrogens (primary N) is 1. The lowest BCUT2D eigenvalue weighted by molar-refractivity contribution is -0.145. The molecule has 0 bridgehead atoms. The van der Waals surface area contributed by atoms with Crippen molar-refractivity contribution in [1.82, 2.24) is 0 Å². The lowest BCUT2D eigenvalue weighted by Crippen LogP contribution is -2.50. The van der Waals surface area contributed by atoms with Gasteiger partial charge in [-0.2, -0.15) is 0 Å². The number of rotatable bonds is 2. The Labute approximate surface area is 155 Å². The van der Waals surface area contributed by atoms with Gasteiger partial charge in [-0.1, -0.05) is 32.9 Å². The van der Waals surface area contributed by atoms with E-state index in [0.29, 0.717) is 29.9 Å². The van der Waals surface area contributed by atoms with Gasteiger partial charge in [-0.25, -0.2) is 0 Å². The second-order valence-corrected chi connectivity index (χ2v) is 9.67. The number of Topliss-reactive ketones (excluding diaryl/α,β-unsaturated/α-hetero) is 1. The number of carbonyl (C=O) groups excluding carboxylic acids is 1. The van der Waals surface area contributed by atoms with Crippen LogP contribution in [0.4, 0.5) is 0 Å². The Kier molecular flexibility index (Phi) is 3.91. The van der Waals surface area contributed by atoms with E-state index in [1.165, 1.54) is 0 Å². The van der Waals surface area contributed by atoms with Gasteiger partial charge in [0.15, 0.2) is 5.78 Å². The maximum atomic E-state index is 12.1. The molecule has 4 heteroatoms. The van der Waals surface area contributed by atoms with E-state index < -0.39 is 5.97 Å². The van der Waals surface area contributed by atoms with Crippen LogP contribution in [0.2, 0.25) is 0 Å². The molecule has 0 spiro atoms. The molecule has 0 aliphatic heterocycles. The van der Waals surface area contributed by atoms with E-state index in [9.17, 15) is 14.7 Å². The first-order chi connectivity index (χ1) is 12.2. The van der Waals surface area contributed by atoms with Crippen LogP contribution in [0.25, 0.3) is 0 Å². The molecule has 142 valence electrons. The lowest BCUT2D eigenvalue weighted by atomic mass is 9.48. The predicted molar refractivity (Wildman–Crippen MR) is 100 cm³/mol. The number of hydrogen-bond donors (Lipinski definition) is 2. The molecule has 4 nitrogen and oxygen atoms in total. The SMILES string of the molecule is CC(C(=O)O)[C@H]1CC[C@H]2[C@@H]3C=CC4=C(N)C(=O)CC[C@]4(C)[C@H]3CC[C@]12C. The van der Waals surface area contributed by atoms with Crippen LogP contribution in [0.3, 0.4) is 0 Å². The minimum absolute atomic E-state index is 0.00472. The highest BCUT2D eigenvalue weighted by Crippen LogP contribution is 2.66. The summed E-state index contributed by atoms with van der Waals surface area (Å²) < 4.78 is 0. The Morgan fingerprint density at radius 2 is 1.96 bits per heavy atom. The van der Waals surface area contributed by atoms with Crippen molar-refractivity contribution in [3.63, 3.8) is 0 Å². The van der Waals surface area contributed by atoms with Crippen molar-refractivity contribution in [2.45, 2.75) is 59.3 Å². The molecule has 0 aromatic carbocycles. The number of ketones is 1. The van der Waals surface area contributed by atoms with Gasteiger partial charge in [0.05, 0.1) is 11.6 Å². The predicted octanol–water partition coefficient (Wildman–Crippen LogP) is 3.92. The molecule has 26 heavy (non-hydrogen) atoms. The molecule has 2 fully saturated rings. The molecule has 0 saturated heterocycles. The quantitative estimate of drug-likeness (QED) is 0.785. The van der Waals surface area contributed by atoms with Crippen molar-refractivity contribution in [2.75, 3.05) is 0 Å². The molecule has 4 rings (SSSR count). The number of aliphatic carboxylic acids is 1. The Hall–Kier alpha value is -1.58. The molecule has 0 radical (unpaired) electrons. The van der Waals surface area contributed by atoms with E-state index in [1.54, 1.807) is 0 Å². The second kappa shape index (κ2) is 5.71. The highest BCUT2D eigenvalue weighted by molar-refractivity contribution is 5.97. The van der Waals surface area contributed by atoms with Crippen molar-refractivity contribution in [3.8, 4) is 0 Å². The molecule has 0 heterocycles. The minimum atomic E-state index is -0.658. The fourth-order valence-corrected chi connectivity index (χ4v) is 7.21. The first-order valence-electron chi connectivity index (χ1n) is 10.1. The van der Waals surface area contributed by atoms with Crippen molar-refractivity contribution < 1.29 is 14.7 Å². The molecule has 3 N–H and O–H groups in total. The normalized spacial score (nSPS) is 45.7. The smallest absolute Gasteiger partial charge is 0.306 e. The summed E-state index contributed by atoms with van der Waals surface area (Å²) in [5.41, 5.74) is 7.82. The van der Waals surface area contributed by atoms with Gasteiger partial charge in [0.2, 0.25) is 0 Å². The van der Waals surface area contributed by atoms with Crippen molar-refractivity contribution in [1.29, 1.82) is 0 Å². The molecular formula is C22H31NO3. The first-order valence-corrected chi connectivity index (χ1v) is 10.1. The van der Waals surface area contributed by atoms with Crippen LogP contribution < -0.4 is 5.73 Å². The molecule has 2 saturated carbocycles. The zero-order valence-electron chi connectivity index (χ0n) is 16.1. The molecule has 0 aromatic heterocycles. The number of fused-ring (bicyclic) bond motifs is 5. The van der Waals surface area contributed by atoms with E-state index >= 15 is 0 Å². The standard InChI is InChI=1S/C22H31NO3/c1-12(20(25)26)14-6-7-15-13-4-5-17-19(23)18(24)9-11-22(17,3)16(13)8-10-21(14,15)2/h4-5,12-16H,6-11,23H2,1-3H3,(H,25,26)/t12?,13-,14+,15-,16-,21+,22+/m0/s1. The third kappa shape index (κ3) is 2.20. The Morgan fingerprint density at radius 3 is 2.65 bits per heavy atom. The van der Waals surface area contributed by atoms with Crippen LogP contribution in [0.1, 0.15) is 59.3 Å². The number of carbonyl (C=O) groups is 2. The number of allylic oxidation sites excluding steroid dienone is 4. The molecule has 4 aliphatic rings. The van der Waals surface area contributed by atoms with Crippen molar-refractivity contribution in [2.24, 2.45) is 46.2 Å². The molecule has 0 aromatic rings. The van der Waals surface area contributed by atoms with Crippen LogP contribution in [-0.2, 0) is 9.59 Å². The fraction of sp³-hybridized carbons (Fsp3) is 0.727. The van der Waals surface area contributed by atoms with Gasteiger partial charge in [0, 0.05) is 6.42 Å². The summed E-state index contributed by atoms with van der Waals surface area (Å²) in [5.74, 6) is 0.971. The topological polar surface area (TPSA) is 80.4 Å². The van der Waals surface area contributed by atoms with Crippen LogP contribution in [0.15, 0.2) is 23.4 Å². The summed E-state index contributed by atoms with van der Waals surface area (Å²) in [5, 5.41) is 9.56. The first kappa shape index (κ1) is 17.8. The van der Waals surface area contributed by atoms with Gasteiger partial charge in [0.25, 0.3) is 0 Å². The summed E-state index contributed by atoms with van der Waals surface area (Å²) in [6, 6.07) is 0. The average Bonchev–Trinajstić information content (AvgIpc) is 2.95. The summed E-state index contributed by atoms with van der Waals surface area (Å²) in [6.45, 7) is 6.53. The average molecular weight is 357 g/mol. The summed E-state index contributed by atoms with van der Waals surface area (Å²) in [6.07, 6.45) is 10.2. The Morgan fingerprint density at radius 1 is 1.23 bits per heavy atom. The summed E-state index contributed by atoms with van der Waals surface area (Å²) >= 11 is 0. The van der Waals surface area contributed by atoms with Crippen LogP contribution in [0.5, 0.6) is 0 Å². The van der Waals surface area contributed by atoms with Crippen molar-refractivity contribution in [3.05, 3.63) is 23.4 Å². The van der Waals surface area contributed by atoms with Gasteiger partial charge in [-0.3, -0.25) is 9.59 Å². The zero-order valence-corrected chi connectivity index (χ0v) is 16.1. The van der Waals surface area contributed by atoms with Gasteiger partial charge in [0.1, 0.15) is 0 Å². The highest BCUT2D eigenvalue weighted by atomic mass is 16.4. The molecule has 4 aliphatic carbocycles. The van der Waals surface area contributed by atoms with Gasteiger partial charge in [-0.15, -0.1) is 0 Å². The van der Waals surface area contributed by atoms with Gasteiger partial charge < -0.3 is 10.8 Å². The monoisotopic (exact) mass is 357 g/mol. The van der Waals surface area contributed by atoms with E-state index in [2.05, 4.69) is 26.0 Å². The summed E-state index contributed by atoms with van der Waals surface area (Å²) in [4.78, 5) is 23.7. The van der Waals surface area contributed by atoms with E-state index in [1.807, 2.05) is 6.92 Å². The second-order valence-electron chi connectivity index (χ2n) is 9.67. The Bertz CT molecular complexity index is 723. The highest BCUT2D eigenvalue weighted by Gasteiger charge is 2.59. The molecular weight excluding hydrogens is 326 g/mol. The minimum Gasteiger partial charge on any atom is -0.481 e. The van der Waals surface area contributed by atoms with E-state index in [0.717, 1.165) is 37.7 Å². The largest absolute Gasteiger partial charge is 0.481 e. The third-order valence-corrected chi connectivity index (χ3v) is 8.78. The van der Waals surface area contributed by atoms with Crippen molar-refractivity contribution >= 4 is 11.8 Å². The van der Waals surface area contributed by atoms with Crippen LogP contribution in [0, 0.1) is 40.4 Å². The lowest BCUT2D eigenvalue weighted by Gasteiger charge is -2.56.